The Hall–Kier alpha value is -3.19. The number of hydrogen-bond acceptors (Lipinski definition) is 4. The number of aromatic nitrogens is 1. The van der Waals surface area contributed by atoms with Crippen molar-refractivity contribution in [3.8, 4) is 0 Å². The summed E-state index contributed by atoms with van der Waals surface area (Å²) in [5, 5.41) is 4.81. The third kappa shape index (κ3) is 3.81. The second kappa shape index (κ2) is 8.15. The van der Waals surface area contributed by atoms with E-state index in [1.54, 1.807) is 30.4 Å². The van der Waals surface area contributed by atoms with E-state index >= 15 is 0 Å². The third-order valence-electron chi connectivity index (χ3n) is 5.96. The van der Waals surface area contributed by atoms with Gasteiger partial charge < -0.3 is 9.88 Å². The molecule has 6 nitrogen and oxygen atoms in total. The number of aryl methyl sites for hydroxylation is 2. The van der Waals surface area contributed by atoms with Crippen LogP contribution in [-0.4, -0.2) is 33.7 Å². The van der Waals surface area contributed by atoms with Crippen molar-refractivity contribution in [2.24, 2.45) is 0 Å². The summed E-state index contributed by atoms with van der Waals surface area (Å²) in [6, 6.07) is 14.5. The summed E-state index contributed by atoms with van der Waals surface area (Å²) in [6.07, 6.45) is 0.893. The number of urea groups is 1. The van der Waals surface area contributed by atoms with Gasteiger partial charge in [0.15, 0.2) is 5.78 Å². The Morgan fingerprint density at radius 3 is 2.52 bits per heavy atom. The minimum atomic E-state index is -1.17. The number of Topliss-reactive ketones (excluding diaryl/α,β-unsaturated/α-hetero) is 1. The van der Waals surface area contributed by atoms with Crippen LogP contribution in [0, 0.1) is 13.8 Å². The quantitative estimate of drug-likeness (QED) is 0.449. The summed E-state index contributed by atoms with van der Waals surface area (Å²) in [6.45, 7) is 6.06. The van der Waals surface area contributed by atoms with Gasteiger partial charge in [-0.2, -0.15) is 0 Å². The zero-order chi connectivity index (χ0) is 22.2. The fourth-order valence-electron chi connectivity index (χ4n) is 4.14. The number of hydrogen-bond donors (Lipinski definition) is 1. The van der Waals surface area contributed by atoms with E-state index in [2.05, 4.69) is 21.3 Å². The van der Waals surface area contributed by atoms with Crippen molar-refractivity contribution < 1.29 is 14.4 Å². The maximum atomic E-state index is 13.1. The van der Waals surface area contributed by atoms with Gasteiger partial charge >= 0.3 is 6.03 Å². The first-order valence-electron chi connectivity index (χ1n) is 10.2. The van der Waals surface area contributed by atoms with Gasteiger partial charge in [0.05, 0.1) is 6.54 Å². The first-order valence-corrected chi connectivity index (χ1v) is 11.1. The normalized spacial score (nSPS) is 18.5. The highest BCUT2D eigenvalue weighted by Crippen LogP contribution is 2.29. The van der Waals surface area contributed by atoms with Crippen LogP contribution < -0.4 is 5.32 Å². The number of nitrogens with zero attached hydrogens (tertiary/aromatic N) is 2. The zero-order valence-electron chi connectivity index (χ0n) is 17.8. The fourth-order valence-corrected chi connectivity index (χ4v) is 4.84. The van der Waals surface area contributed by atoms with E-state index in [1.807, 2.05) is 44.2 Å². The summed E-state index contributed by atoms with van der Waals surface area (Å²) >= 11 is 1.72. The second-order valence-corrected chi connectivity index (χ2v) is 9.03. The lowest BCUT2D eigenvalue weighted by Crippen LogP contribution is -2.41. The highest BCUT2D eigenvalue weighted by Gasteiger charge is 2.49. The van der Waals surface area contributed by atoms with Crippen LogP contribution in [0.5, 0.6) is 0 Å². The van der Waals surface area contributed by atoms with Gasteiger partial charge in [-0.1, -0.05) is 36.4 Å². The van der Waals surface area contributed by atoms with Gasteiger partial charge in [-0.25, -0.2) is 4.79 Å². The molecule has 2 aromatic heterocycles. The van der Waals surface area contributed by atoms with Gasteiger partial charge in [0.2, 0.25) is 0 Å². The zero-order valence-corrected chi connectivity index (χ0v) is 18.7. The Morgan fingerprint density at radius 1 is 1.10 bits per heavy atom. The molecule has 4 rings (SSSR count). The Bertz CT molecular complexity index is 1130. The van der Waals surface area contributed by atoms with Gasteiger partial charge in [0.1, 0.15) is 5.54 Å². The van der Waals surface area contributed by atoms with Crippen LogP contribution >= 0.6 is 11.3 Å². The molecule has 0 bridgehead atoms. The van der Waals surface area contributed by atoms with Gasteiger partial charge in [0, 0.05) is 28.4 Å². The molecule has 1 aliphatic rings. The number of benzene rings is 1. The molecule has 3 aromatic rings. The monoisotopic (exact) mass is 435 g/mol. The SMILES string of the molecule is Cc1cc(C(=O)CN2C(=O)N[C@](C)(c3ccccc3)C2=O)c(C)n1CCc1cccs1. The molecule has 0 spiro atoms. The lowest BCUT2D eigenvalue weighted by molar-refractivity contribution is -0.130. The number of nitrogens with one attached hydrogen (secondary N) is 1. The predicted molar refractivity (Wildman–Crippen MR) is 120 cm³/mol. The van der Waals surface area contributed by atoms with Crippen LogP contribution in [0.3, 0.4) is 0 Å². The van der Waals surface area contributed by atoms with E-state index in [0.717, 1.165) is 29.3 Å². The summed E-state index contributed by atoms with van der Waals surface area (Å²) in [5.74, 6) is -0.653. The number of imide groups is 1. The molecular formula is C24H25N3O3S. The number of ketones is 1. The maximum Gasteiger partial charge on any atom is 0.325 e. The molecule has 0 saturated carbocycles. The van der Waals surface area contributed by atoms with E-state index in [-0.39, 0.29) is 12.3 Å². The van der Waals surface area contributed by atoms with E-state index in [1.165, 1.54) is 4.88 Å². The summed E-state index contributed by atoms with van der Waals surface area (Å²) in [4.78, 5) is 41.0. The van der Waals surface area contributed by atoms with Crippen LogP contribution in [0.4, 0.5) is 4.79 Å². The molecule has 7 heteroatoms. The number of amides is 3. The predicted octanol–water partition coefficient (Wildman–Crippen LogP) is 4.06. The topological polar surface area (TPSA) is 71.4 Å². The van der Waals surface area contributed by atoms with Crippen LogP contribution in [0.15, 0.2) is 53.9 Å². The molecule has 160 valence electrons. The van der Waals surface area contributed by atoms with Gasteiger partial charge in [0.25, 0.3) is 5.91 Å². The Kier molecular flexibility index (Phi) is 5.54. The number of carbonyl (C=O) groups excluding carboxylic acids is 3. The lowest BCUT2D eigenvalue weighted by atomic mass is 9.92. The van der Waals surface area contributed by atoms with Crippen molar-refractivity contribution in [1.29, 1.82) is 0 Å². The summed E-state index contributed by atoms with van der Waals surface area (Å²) in [7, 11) is 0. The average molecular weight is 436 g/mol. The van der Waals surface area contributed by atoms with Crippen LogP contribution in [0.2, 0.25) is 0 Å². The molecule has 1 N–H and O–H groups in total. The first kappa shape index (κ1) is 21.1. The number of thiophene rings is 1. The van der Waals surface area contributed by atoms with Gasteiger partial charge in [-0.05, 0) is 50.3 Å². The van der Waals surface area contributed by atoms with E-state index in [9.17, 15) is 14.4 Å². The molecule has 1 aliphatic heterocycles. The molecule has 1 fully saturated rings. The Labute approximate surface area is 185 Å². The molecule has 0 aliphatic carbocycles. The minimum Gasteiger partial charge on any atom is -0.348 e. The molecule has 3 heterocycles. The van der Waals surface area contributed by atoms with Crippen molar-refractivity contribution in [1.82, 2.24) is 14.8 Å². The fraction of sp³-hybridized carbons (Fsp3) is 0.292. The van der Waals surface area contributed by atoms with Crippen LogP contribution in [0.25, 0.3) is 0 Å². The molecule has 0 unspecified atom stereocenters. The Morgan fingerprint density at radius 2 is 1.84 bits per heavy atom. The van der Waals surface area contributed by atoms with Crippen molar-refractivity contribution in [3.05, 3.63) is 81.3 Å². The maximum absolute atomic E-state index is 13.1. The standard InChI is InChI=1S/C24H25N3O3S/c1-16-14-20(17(2)26(16)12-11-19-10-7-13-31-19)21(28)15-27-22(29)24(3,25-23(27)30)18-8-5-4-6-9-18/h4-10,13-14H,11-12,15H2,1-3H3,(H,25,30)/t24-/m1/s1. The van der Waals surface area contributed by atoms with Crippen LogP contribution in [0.1, 0.15) is 39.1 Å². The van der Waals surface area contributed by atoms with Crippen molar-refractivity contribution >= 4 is 29.1 Å². The third-order valence-corrected chi connectivity index (χ3v) is 6.90. The van der Waals surface area contributed by atoms with Crippen molar-refractivity contribution in [3.63, 3.8) is 0 Å². The summed E-state index contributed by atoms with van der Waals surface area (Å²) < 4.78 is 2.12. The smallest absolute Gasteiger partial charge is 0.325 e. The minimum absolute atomic E-state index is 0.240. The molecule has 3 amide bonds. The largest absolute Gasteiger partial charge is 0.348 e. The van der Waals surface area contributed by atoms with Crippen molar-refractivity contribution in [2.45, 2.75) is 39.3 Å². The molecule has 1 saturated heterocycles. The molecule has 0 radical (unpaired) electrons. The highest BCUT2D eigenvalue weighted by molar-refractivity contribution is 7.09. The van der Waals surface area contributed by atoms with E-state index in [4.69, 9.17) is 0 Å². The van der Waals surface area contributed by atoms with Crippen LogP contribution in [-0.2, 0) is 23.3 Å². The first-order chi connectivity index (χ1) is 14.8. The average Bonchev–Trinajstić information content (AvgIpc) is 3.43. The van der Waals surface area contributed by atoms with Crippen molar-refractivity contribution in [2.75, 3.05) is 6.54 Å². The van der Waals surface area contributed by atoms with E-state index in [0.29, 0.717) is 11.1 Å². The molecular weight excluding hydrogens is 410 g/mol. The Balaban J connectivity index is 1.51. The molecule has 1 aromatic carbocycles. The van der Waals surface area contributed by atoms with Gasteiger partial charge in [-0.15, -0.1) is 11.3 Å². The number of carbonyl (C=O) groups is 3. The molecule has 31 heavy (non-hydrogen) atoms. The highest BCUT2D eigenvalue weighted by atomic mass is 32.1. The van der Waals surface area contributed by atoms with Gasteiger partial charge in [-0.3, -0.25) is 14.5 Å². The lowest BCUT2D eigenvalue weighted by Gasteiger charge is -2.22. The number of rotatable bonds is 7. The molecule has 1 atom stereocenters. The summed E-state index contributed by atoms with van der Waals surface area (Å²) in [5.41, 5.74) is 1.92. The second-order valence-electron chi connectivity index (χ2n) is 8.00. The van der Waals surface area contributed by atoms with E-state index < -0.39 is 17.5 Å².